The van der Waals surface area contributed by atoms with E-state index in [1.807, 2.05) is 62.4 Å². The third kappa shape index (κ3) is 3.05. The second-order valence-electron chi connectivity index (χ2n) is 4.95. The predicted molar refractivity (Wildman–Crippen MR) is 81.4 cm³/mol. The zero-order chi connectivity index (χ0) is 14.7. The number of benzene rings is 2. The Kier molecular flexibility index (Phi) is 4.50. The van der Waals surface area contributed by atoms with Gasteiger partial charge in [-0.25, -0.2) is 4.21 Å². The number of hydrogen-bond acceptors (Lipinski definition) is 2. The fourth-order valence-corrected chi connectivity index (χ4v) is 3.31. The molecule has 0 N–H and O–H groups in total. The van der Waals surface area contributed by atoms with Crippen LogP contribution in [0, 0.1) is 6.92 Å². The summed E-state index contributed by atoms with van der Waals surface area (Å²) in [7, 11) is -1.26. The lowest BCUT2D eigenvalue weighted by Crippen LogP contribution is -2.08. The van der Waals surface area contributed by atoms with Crippen molar-refractivity contribution < 1.29 is 9.00 Å². The van der Waals surface area contributed by atoms with Crippen LogP contribution in [0.2, 0.25) is 0 Å². The summed E-state index contributed by atoms with van der Waals surface area (Å²) in [5.74, 6) is -0.154. The van der Waals surface area contributed by atoms with Gasteiger partial charge in [0.1, 0.15) is 5.78 Å². The number of rotatable bonds is 4. The van der Waals surface area contributed by atoms with Crippen LogP contribution in [-0.4, -0.2) is 9.99 Å². The molecule has 104 valence electrons. The fourth-order valence-electron chi connectivity index (χ4n) is 2.01. The maximum atomic E-state index is 12.7. The van der Waals surface area contributed by atoms with Crippen molar-refractivity contribution in [2.45, 2.75) is 36.5 Å². The Balaban J connectivity index is 2.45. The average molecular weight is 286 g/mol. The molecule has 0 amide bonds. The van der Waals surface area contributed by atoms with Gasteiger partial charge in [-0.05, 0) is 37.6 Å². The van der Waals surface area contributed by atoms with E-state index in [4.69, 9.17) is 0 Å². The number of carbonyl (C=O) groups excluding carboxylic acids is 1. The van der Waals surface area contributed by atoms with Crippen LogP contribution in [0.25, 0.3) is 0 Å². The van der Waals surface area contributed by atoms with E-state index in [2.05, 4.69) is 0 Å². The smallest absolute Gasteiger partial charge is 0.137 e. The van der Waals surface area contributed by atoms with Gasteiger partial charge in [-0.3, -0.25) is 4.79 Å². The molecule has 2 rings (SSSR count). The standard InChI is InChI=1S/C17H18O2S/c1-12-8-10-15(11-9-12)20(19)17-7-5-4-6-16(17)13(2)14(3)18/h4-11,13H,1-3H3/t13-,20?/m1/s1. The summed E-state index contributed by atoms with van der Waals surface area (Å²) in [6, 6.07) is 15.1. The summed E-state index contributed by atoms with van der Waals surface area (Å²) >= 11 is 0. The molecule has 0 saturated carbocycles. The van der Waals surface area contributed by atoms with E-state index in [1.54, 1.807) is 6.92 Å². The largest absolute Gasteiger partial charge is 0.299 e. The van der Waals surface area contributed by atoms with Gasteiger partial charge in [-0.2, -0.15) is 0 Å². The molecule has 1 unspecified atom stereocenters. The van der Waals surface area contributed by atoms with Crippen LogP contribution in [0.1, 0.15) is 30.9 Å². The van der Waals surface area contributed by atoms with Gasteiger partial charge in [0.15, 0.2) is 0 Å². The Bertz CT molecular complexity index is 644. The lowest BCUT2D eigenvalue weighted by atomic mass is 9.98. The topological polar surface area (TPSA) is 34.1 Å². The number of hydrogen-bond donors (Lipinski definition) is 0. The van der Waals surface area contributed by atoms with Gasteiger partial charge < -0.3 is 0 Å². The number of carbonyl (C=O) groups is 1. The molecule has 0 spiro atoms. The second-order valence-corrected chi connectivity index (χ2v) is 6.40. The molecule has 0 bridgehead atoms. The van der Waals surface area contributed by atoms with Gasteiger partial charge in [0.2, 0.25) is 0 Å². The Hall–Kier alpha value is -1.74. The summed E-state index contributed by atoms with van der Waals surface area (Å²) in [5, 5.41) is 0. The lowest BCUT2D eigenvalue weighted by Gasteiger charge is -2.13. The Labute approximate surface area is 122 Å². The summed E-state index contributed by atoms with van der Waals surface area (Å²) in [5.41, 5.74) is 1.98. The molecule has 0 aliphatic carbocycles. The minimum Gasteiger partial charge on any atom is -0.299 e. The molecule has 0 aliphatic rings. The van der Waals surface area contributed by atoms with Crippen molar-refractivity contribution in [3.05, 3.63) is 59.7 Å². The fraction of sp³-hybridized carbons (Fsp3) is 0.235. The molecule has 20 heavy (non-hydrogen) atoms. The summed E-state index contributed by atoms with van der Waals surface area (Å²) in [4.78, 5) is 13.1. The second kappa shape index (κ2) is 6.14. The summed E-state index contributed by atoms with van der Waals surface area (Å²) < 4.78 is 12.7. The first-order valence-corrected chi connectivity index (χ1v) is 7.73. The van der Waals surface area contributed by atoms with Gasteiger partial charge in [-0.1, -0.05) is 42.8 Å². The van der Waals surface area contributed by atoms with E-state index in [1.165, 1.54) is 0 Å². The average Bonchev–Trinajstić information content (AvgIpc) is 2.46. The third-order valence-corrected chi connectivity index (χ3v) is 4.90. The molecule has 2 nitrogen and oxygen atoms in total. The van der Waals surface area contributed by atoms with E-state index in [-0.39, 0.29) is 11.7 Å². The molecule has 0 aliphatic heterocycles. The lowest BCUT2D eigenvalue weighted by molar-refractivity contribution is -0.118. The Morgan fingerprint density at radius 1 is 1.05 bits per heavy atom. The summed E-state index contributed by atoms with van der Waals surface area (Å²) in [6.45, 7) is 5.42. The van der Waals surface area contributed by atoms with E-state index >= 15 is 0 Å². The van der Waals surface area contributed by atoms with Crippen LogP contribution < -0.4 is 0 Å². The molecular formula is C17H18O2S. The molecule has 0 heterocycles. The molecule has 0 saturated heterocycles. The highest BCUT2D eigenvalue weighted by atomic mass is 32.2. The maximum Gasteiger partial charge on any atom is 0.137 e. The van der Waals surface area contributed by atoms with E-state index in [0.29, 0.717) is 0 Å². The first kappa shape index (κ1) is 14.7. The molecule has 3 heteroatoms. The summed E-state index contributed by atoms with van der Waals surface area (Å²) in [6.07, 6.45) is 0. The maximum absolute atomic E-state index is 12.7. The number of Topliss-reactive ketones (excluding diaryl/α,β-unsaturated/α-hetero) is 1. The van der Waals surface area contributed by atoms with Gasteiger partial charge >= 0.3 is 0 Å². The van der Waals surface area contributed by atoms with Crippen molar-refractivity contribution >= 4 is 16.6 Å². The van der Waals surface area contributed by atoms with Crippen molar-refractivity contribution in [2.24, 2.45) is 0 Å². The quantitative estimate of drug-likeness (QED) is 0.855. The monoisotopic (exact) mass is 286 g/mol. The highest BCUT2D eigenvalue weighted by Crippen LogP contribution is 2.26. The Morgan fingerprint density at radius 3 is 2.25 bits per heavy atom. The number of aryl methyl sites for hydroxylation is 1. The molecule has 2 aromatic carbocycles. The molecule has 2 aromatic rings. The van der Waals surface area contributed by atoms with Crippen molar-refractivity contribution in [1.82, 2.24) is 0 Å². The minimum absolute atomic E-state index is 0.0818. The van der Waals surface area contributed by atoms with Crippen LogP contribution >= 0.6 is 0 Å². The first-order chi connectivity index (χ1) is 9.50. The van der Waals surface area contributed by atoms with Crippen LogP contribution in [0.15, 0.2) is 58.3 Å². The van der Waals surface area contributed by atoms with Gasteiger partial charge in [-0.15, -0.1) is 0 Å². The van der Waals surface area contributed by atoms with Crippen molar-refractivity contribution in [3.8, 4) is 0 Å². The van der Waals surface area contributed by atoms with E-state index in [0.717, 1.165) is 20.9 Å². The minimum atomic E-state index is -1.26. The SMILES string of the molecule is CC(=O)[C@@H](C)c1ccccc1S(=O)c1ccc(C)cc1. The first-order valence-electron chi connectivity index (χ1n) is 6.58. The predicted octanol–water partition coefficient (Wildman–Crippen LogP) is 3.85. The highest BCUT2D eigenvalue weighted by Gasteiger charge is 2.18. The van der Waals surface area contributed by atoms with Crippen LogP contribution in [0.4, 0.5) is 0 Å². The van der Waals surface area contributed by atoms with Crippen LogP contribution in [0.5, 0.6) is 0 Å². The molecule has 0 radical (unpaired) electrons. The zero-order valence-corrected chi connectivity index (χ0v) is 12.7. The van der Waals surface area contributed by atoms with Crippen molar-refractivity contribution in [3.63, 3.8) is 0 Å². The molecule has 2 atom stereocenters. The van der Waals surface area contributed by atoms with Crippen molar-refractivity contribution in [2.75, 3.05) is 0 Å². The molecular weight excluding hydrogens is 268 g/mol. The zero-order valence-electron chi connectivity index (χ0n) is 11.9. The van der Waals surface area contributed by atoms with Crippen LogP contribution in [0.3, 0.4) is 0 Å². The molecule has 0 aromatic heterocycles. The highest BCUT2D eigenvalue weighted by molar-refractivity contribution is 7.85. The van der Waals surface area contributed by atoms with Gasteiger partial charge in [0.25, 0.3) is 0 Å². The van der Waals surface area contributed by atoms with E-state index in [9.17, 15) is 9.00 Å². The van der Waals surface area contributed by atoms with E-state index < -0.39 is 10.8 Å². The Morgan fingerprint density at radius 2 is 1.65 bits per heavy atom. The third-order valence-electron chi connectivity index (χ3n) is 3.43. The van der Waals surface area contributed by atoms with Crippen molar-refractivity contribution in [1.29, 1.82) is 0 Å². The normalized spacial score (nSPS) is 13.8. The number of ketones is 1. The van der Waals surface area contributed by atoms with Gasteiger partial charge in [0.05, 0.1) is 10.8 Å². The molecule has 0 fully saturated rings. The van der Waals surface area contributed by atoms with Gasteiger partial charge in [0, 0.05) is 15.7 Å². The van der Waals surface area contributed by atoms with Crippen LogP contribution in [-0.2, 0) is 15.6 Å².